The van der Waals surface area contributed by atoms with Gasteiger partial charge in [0.05, 0.1) is 6.42 Å². The zero-order chi connectivity index (χ0) is 15.5. The molecule has 0 aromatic heterocycles. The minimum absolute atomic E-state index is 0.140. The Bertz CT molecular complexity index is 412. The number of aliphatic carboxylic acids is 1. The lowest BCUT2D eigenvalue weighted by molar-refractivity contribution is -0.137. The second-order valence-electron chi connectivity index (χ2n) is 4.36. The van der Waals surface area contributed by atoms with Crippen molar-refractivity contribution in [3.05, 3.63) is 35.4 Å². The van der Waals surface area contributed by atoms with Crippen molar-refractivity contribution < 1.29 is 14.7 Å². The summed E-state index contributed by atoms with van der Waals surface area (Å²) in [5.74, 6) is -0.647. The number of carbonyl (C=O) groups excluding carboxylic acids is 1. The van der Waals surface area contributed by atoms with Crippen LogP contribution in [0.2, 0.25) is 0 Å². The van der Waals surface area contributed by atoms with E-state index in [2.05, 4.69) is 0 Å². The molecule has 0 fully saturated rings. The average molecular weight is 279 g/mol. The molecule has 0 saturated carbocycles. The summed E-state index contributed by atoms with van der Waals surface area (Å²) in [5, 5.41) is 8.59. The normalized spacial score (nSPS) is 9.85. The van der Waals surface area contributed by atoms with Crippen LogP contribution in [0.1, 0.15) is 49.5 Å². The van der Waals surface area contributed by atoms with E-state index in [1.54, 1.807) is 0 Å². The van der Waals surface area contributed by atoms with E-state index in [1.807, 2.05) is 57.0 Å². The Kier molecular flexibility index (Phi) is 9.30. The molecule has 0 heterocycles. The number of hydrogen-bond acceptors (Lipinski definition) is 3. The molecule has 1 rings (SSSR count). The van der Waals surface area contributed by atoms with Gasteiger partial charge in [0, 0.05) is 25.1 Å². The van der Waals surface area contributed by atoms with Crippen molar-refractivity contribution in [3.63, 3.8) is 0 Å². The SMILES string of the molecule is CC.CCC(=O)c1ccc(CN(C)CCC(=O)O)cc1. The molecule has 4 nitrogen and oxygen atoms in total. The maximum Gasteiger partial charge on any atom is 0.304 e. The predicted octanol–water partition coefficient (Wildman–Crippen LogP) is 3.21. The smallest absolute Gasteiger partial charge is 0.304 e. The Labute approximate surface area is 121 Å². The number of carbonyl (C=O) groups is 2. The number of carboxylic acid groups (broad SMARTS) is 1. The van der Waals surface area contributed by atoms with Crippen molar-refractivity contribution in [2.75, 3.05) is 13.6 Å². The summed E-state index contributed by atoms with van der Waals surface area (Å²) in [6.45, 7) is 7.05. The van der Waals surface area contributed by atoms with Crippen molar-refractivity contribution in [3.8, 4) is 0 Å². The number of rotatable bonds is 7. The Balaban J connectivity index is 0.00000172. The molecule has 0 bridgehead atoms. The van der Waals surface area contributed by atoms with E-state index < -0.39 is 5.97 Å². The van der Waals surface area contributed by atoms with Gasteiger partial charge in [-0.25, -0.2) is 0 Å². The monoisotopic (exact) mass is 279 g/mol. The van der Waals surface area contributed by atoms with Gasteiger partial charge < -0.3 is 10.0 Å². The number of nitrogens with zero attached hydrogens (tertiary/aromatic N) is 1. The van der Waals surface area contributed by atoms with Crippen LogP contribution in [0.3, 0.4) is 0 Å². The van der Waals surface area contributed by atoms with Gasteiger partial charge in [0.25, 0.3) is 0 Å². The molecule has 112 valence electrons. The first-order valence-electron chi connectivity index (χ1n) is 7.05. The molecular formula is C16H25NO3. The first-order chi connectivity index (χ1) is 9.52. The quantitative estimate of drug-likeness (QED) is 0.779. The van der Waals surface area contributed by atoms with Crippen LogP contribution < -0.4 is 0 Å². The molecule has 1 aromatic carbocycles. The highest BCUT2D eigenvalue weighted by Crippen LogP contribution is 2.09. The van der Waals surface area contributed by atoms with E-state index in [0.29, 0.717) is 19.5 Å². The molecule has 0 aliphatic heterocycles. The summed E-state index contributed by atoms with van der Waals surface area (Å²) in [6.07, 6.45) is 0.654. The van der Waals surface area contributed by atoms with Crippen LogP contribution >= 0.6 is 0 Å². The molecule has 1 aromatic rings. The molecule has 0 aliphatic carbocycles. The largest absolute Gasteiger partial charge is 0.481 e. The molecular weight excluding hydrogens is 254 g/mol. The first-order valence-corrected chi connectivity index (χ1v) is 7.05. The zero-order valence-corrected chi connectivity index (χ0v) is 12.8. The fraction of sp³-hybridized carbons (Fsp3) is 0.500. The number of ketones is 1. The lowest BCUT2D eigenvalue weighted by Crippen LogP contribution is -2.21. The highest BCUT2D eigenvalue weighted by molar-refractivity contribution is 5.95. The van der Waals surface area contributed by atoms with Gasteiger partial charge in [-0.2, -0.15) is 0 Å². The lowest BCUT2D eigenvalue weighted by atomic mass is 10.1. The Morgan fingerprint density at radius 2 is 1.70 bits per heavy atom. The van der Waals surface area contributed by atoms with Crippen LogP contribution in [-0.2, 0) is 11.3 Å². The summed E-state index contributed by atoms with van der Waals surface area (Å²) in [7, 11) is 1.88. The van der Waals surface area contributed by atoms with Crippen molar-refractivity contribution in [2.24, 2.45) is 0 Å². The third-order valence-corrected chi connectivity index (χ3v) is 2.76. The van der Waals surface area contributed by atoms with E-state index in [0.717, 1.165) is 11.1 Å². The Morgan fingerprint density at radius 3 is 2.15 bits per heavy atom. The molecule has 0 atom stereocenters. The minimum Gasteiger partial charge on any atom is -0.481 e. The van der Waals surface area contributed by atoms with Gasteiger partial charge in [-0.05, 0) is 12.6 Å². The van der Waals surface area contributed by atoms with E-state index in [9.17, 15) is 9.59 Å². The zero-order valence-electron chi connectivity index (χ0n) is 12.8. The lowest BCUT2D eigenvalue weighted by Gasteiger charge is -2.15. The number of benzene rings is 1. The molecule has 0 spiro atoms. The molecule has 0 aliphatic rings. The van der Waals surface area contributed by atoms with Crippen LogP contribution in [-0.4, -0.2) is 35.4 Å². The summed E-state index contributed by atoms with van der Waals surface area (Å²) in [5.41, 5.74) is 1.81. The third kappa shape index (κ3) is 7.04. The standard InChI is InChI=1S/C14H19NO3.C2H6/c1-3-13(16)12-6-4-11(5-7-12)10-15(2)9-8-14(17)18;1-2/h4-7H,3,8-10H2,1-2H3,(H,17,18);1-2H3. The van der Waals surface area contributed by atoms with E-state index in [1.165, 1.54) is 0 Å². The second kappa shape index (κ2) is 10.1. The highest BCUT2D eigenvalue weighted by Gasteiger charge is 2.05. The van der Waals surface area contributed by atoms with Crippen molar-refractivity contribution in [2.45, 2.75) is 40.2 Å². The van der Waals surface area contributed by atoms with Crippen molar-refractivity contribution in [1.82, 2.24) is 4.90 Å². The highest BCUT2D eigenvalue weighted by atomic mass is 16.4. The fourth-order valence-electron chi connectivity index (χ4n) is 1.68. The number of hydrogen-bond donors (Lipinski definition) is 1. The second-order valence-corrected chi connectivity index (χ2v) is 4.36. The summed E-state index contributed by atoms with van der Waals surface area (Å²) >= 11 is 0. The summed E-state index contributed by atoms with van der Waals surface area (Å²) < 4.78 is 0. The fourth-order valence-corrected chi connectivity index (χ4v) is 1.68. The van der Waals surface area contributed by atoms with Crippen LogP contribution in [0.25, 0.3) is 0 Å². The Morgan fingerprint density at radius 1 is 1.15 bits per heavy atom. The van der Waals surface area contributed by atoms with Gasteiger partial charge in [0.15, 0.2) is 5.78 Å². The minimum atomic E-state index is -0.786. The molecule has 1 N–H and O–H groups in total. The van der Waals surface area contributed by atoms with Gasteiger partial charge in [-0.3, -0.25) is 9.59 Å². The van der Waals surface area contributed by atoms with Gasteiger partial charge in [0.2, 0.25) is 0 Å². The van der Waals surface area contributed by atoms with E-state index in [-0.39, 0.29) is 12.2 Å². The molecule has 0 saturated heterocycles. The predicted molar refractivity (Wildman–Crippen MR) is 81.0 cm³/mol. The molecule has 0 unspecified atom stereocenters. The molecule has 4 heteroatoms. The van der Waals surface area contributed by atoms with E-state index in [4.69, 9.17) is 5.11 Å². The van der Waals surface area contributed by atoms with Crippen molar-refractivity contribution in [1.29, 1.82) is 0 Å². The van der Waals surface area contributed by atoms with Gasteiger partial charge >= 0.3 is 5.97 Å². The first kappa shape index (κ1) is 18.3. The van der Waals surface area contributed by atoms with Gasteiger partial charge in [0.1, 0.15) is 0 Å². The van der Waals surface area contributed by atoms with Crippen LogP contribution in [0.4, 0.5) is 0 Å². The summed E-state index contributed by atoms with van der Waals surface area (Å²) in [6, 6.07) is 7.48. The topological polar surface area (TPSA) is 57.6 Å². The van der Waals surface area contributed by atoms with Gasteiger partial charge in [-0.1, -0.05) is 45.0 Å². The van der Waals surface area contributed by atoms with E-state index >= 15 is 0 Å². The summed E-state index contributed by atoms with van der Waals surface area (Å²) in [4.78, 5) is 23.8. The Hall–Kier alpha value is -1.68. The van der Waals surface area contributed by atoms with Gasteiger partial charge in [-0.15, -0.1) is 0 Å². The number of carboxylic acids is 1. The van der Waals surface area contributed by atoms with Crippen LogP contribution in [0, 0.1) is 0 Å². The number of Topliss-reactive ketones (excluding diaryl/α,β-unsaturated/α-hetero) is 1. The van der Waals surface area contributed by atoms with Crippen molar-refractivity contribution >= 4 is 11.8 Å². The molecule has 0 radical (unpaired) electrons. The molecule has 0 amide bonds. The molecule has 20 heavy (non-hydrogen) atoms. The van der Waals surface area contributed by atoms with Crippen LogP contribution in [0.5, 0.6) is 0 Å². The average Bonchev–Trinajstić information content (AvgIpc) is 2.47. The maximum absolute atomic E-state index is 11.4. The maximum atomic E-state index is 11.4. The van der Waals surface area contributed by atoms with Crippen LogP contribution in [0.15, 0.2) is 24.3 Å². The third-order valence-electron chi connectivity index (χ3n) is 2.76.